The van der Waals surface area contributed by atoms with E-state index < -0.39 is 0 Å². The number of carbonyl (C=O) groups is 1. The van der Waals surface area contributed by atoms with Crippen molar-refractivity contribution in [1.82, 2.24) is 4.90 Å². The zero-order chi connectivity index (χ0) is 13.8. The first-order chi connectivity index (χ1) is 9.11. The van der Waals surface area contributed by atoms with Gasteiger partial charge < -0.3 is 4.90 Å². The Kier molecular flexibility index (Phi) is 4.60. The fourth-order valence-corrected chi connectivity index (χ4v) is 2.82. The molecule has 0 N–H and O–H groups in total. The molecule has 0 spiro atoms. The van der Waals surface area contributed by atoms with Gasteiger partial charge in [-0.2, -0.15) is 5.26 Å². The van der Waals surface area contributed by atoms with Gasteiger partial charge in [0, 0.05) is 29.0 Å². The lowest BCUT2D eigenvalue weighted by atomic mass is 9.86. The minimum Gasteiger partial charge on any atom is -0.339 e. The fraction of sp³-hybridized carbons (Fsp3) is 0.467. The number of carbonyl (C=O) groups excluding carboxylic acids is 1. The Balaban J connectivity index is 2.00. The average molecular weight is 321 g/mol. The van der Waals surface area contributed by atoms with E-state index in [0.717, 1.165) is 30.2 Å². The molecule has 0 atom stereocenters. The summed E-state index contributed by atoms with van der Waals surface area (Å²) in [6, 6.07) is 10.0. The maximum Gasteiger partial charge on any atom is 0.253 e. The van der Waals surface area contributed by atoms with Crippen molar-refractivity contribution in [3.05, 3.63) is 34.3 Å². The standard InChI is InChI=1S/C15H17BrN2O/c1-18(14-8-2-11(10-17)3-9-14)15(19)12-4-6-13(16)7-5-12/h4-7,11,14H,2-3,8-9H2,1H3. The van der Waals surface area contributed by atoms with Crippen molar-refractivity contribution in [3.8, 4) is 6.07 Å². The lowest BCUT2D eigenvalue weighted by Crippen LogP contribution is -2.39. The van der Waals surface area contributed by atoms with Crippen LogP contribution >= 0.6 is 15.9 Å². The number of rotatable bonds is 2. The molecule has 4 heteroatoms. The van der Waals surface area contributed by atoms with Gasteiger partial charge >= 0.3 is 0 Å². The zero-order valence-corrected chi connectivity index (χ0v) is 12.6. The Morgan fingerprint density at radius 1 is 1.26 bits per heavy atom. The van der Waals surface area contributed by atoms with Crippen LogP contribution in [0.3, 0.4) is 0 Å². The van der Waals surface area contributed by atoms with Crippen LogP contribution in [-0.4, -0.2) is 23.9 Å². The minimum atomic E-state index is 0.0629. The van der Waals surface area contributed by atoms with Crippen LogP contribution < -0.4 is 0 Å². The van der Waals surface area contributed by atoms with E-state index in [1.807, 2.05) is 36.2 Å². The summed E-state index contributed by atoms with van der Waals surface area (Å²) in [7, 11) is 1.86. The van der Waals surface area contributed by atoms with Gasteiger partial charge in [0.05, 0.1) is 6.07 Å². The molecule has 0 aliphatic heterocycles. The molecule has 100 valence electrons. The number of nitrogens with zero attached hydrogens (tertiary/aromatic N) is 2. The van der Waals surface area contributed by atoms with Gasteiger partial charge in [-0.1, -0.05) is 15.9 Å². The lowest BCUT2D eigenvalue weighted by molar-refractivity contribution is 0.0686. The molecule has 0 saturated heterocycles. The highest BCUT2D eigenvalue weighted by molar-refractivity contribution is 9.10. The second-order valence-electron chi connectivity index (χ2n) is 5.06. The topological polar surface area (TPSA) is 44.1 Å². The van der Waals surface area contributed by atoms with E-state index in [1.54, 1.807) is 0 Å². The van der Waals surface area contributed by atoms with Crippen molar-refractivity contribution in [2.45, 2.75) is 31.7 Å². The normalized spacial score (nSPS) is 22.6. The molecular weight excluding hydrogens is 304 g/mol. The fourth-order valence-electron chi connectivity index (χ4n) is 2.55. The summed E-state index contributed by atoms with van der Waals surface area (Å²) in [5.41, 5.74) is 0.716. The number of nitriles is 1. The summed E-state index contributed by atoms with van der Waals surface area (Å²) in [5, 5.41) is 8.89. The van der Waals surface area contributed by atoms with Crippen LogP contribution in [0.5, 0.6) is 0 Å². The minimum absolute atomic E-state index is 0.0629. The van der Waals surface area contributed by atoms with Crippen LogP contribution in [-0.2, 0) is 0 Å². The van der Waals surface area contributed by atoms with Crippen LogP contribution in [0.4, 0.5) is 0 Å². The van der Waals surface area contributed by atoms with Crippen LogP contribution in [0, 0.1) is 17.2 Å². The molecule has 2 rings (SSSR count). The highest BCUT2D eigenvalue weighted by atomic mass is 79.9. The van der Waals surface area contributed by atoms with E-state index in [2.05, 4.69) is 22.0 Å². The Hall–Kier alpha value is -1.34. The molecule has 0 radical (unpaired) electrons. The first kappa shape index (κ1) is 14.1. The quantitative estimate of drug-likeness (QED) is 0.835. The van der Waals surface area contributed by atoms with Crippen molar-refractivity contribution in [2.24, 2.45) is 5.92 Å². The lowest BCUT2D eigenvalue weighted by Gasteiger charge is -2.32. The Morgan fingerprint density at radius 3 is 2.37 bits per heavy atom. The molecule has 1 fully saturated rings. The van der Waals surface area contributed by atoms with Crippen molar-refractivity contribution in [1.29, 1.82) is 5.26 Å². The highest BCUT2D eigenvalue weighted by Gasteiger charge is 2.26. The predicted molar refractivity (Wildman–Crippen MR) is 77.6 cm³/mol. The third kappa shape index (κ3) is 3.36. The van der Waals surface area contributed by atoms with Gasteiger partial charge in [0.1, 0.15) is 0 Å². The van der Waals surface area contributed by atoms with Crippen molar-refractivity contribution < 1.29 is 4.79 Å². The highest BCUT2D eigenvalue weighted by Crippen LogP contribution is 2.27. The van der Waals surface area contributed by atoms with E-state index in [-0.39, 0.29) is 17.9 Å². The monoisotopic (exact) mass is 320 g/mol. The zero-order valence-electron chi connectivity index (χ0n) is 11.0. The summed E-state index contributed by atoms with van der Waals surface area (Å²) in [6.45, 7) is 0. The third-order valence-corrected chi connectivity index (χ3v) is 4.37. The molecule has 0 bridgehead atoms. The molecule has 19 heavy (non-hydrogen) atoms. The molecule has 0 aromatic heterocycles. The van der Waals surface area contributed by atoms with Crippen molar-refractivity contribution in [3.63, 3.8) is 0 Å². The largest absolute Gasteiger partial charge is 0.339 e. The second kappa shape index (κ2) is 6.21. The summed E-state index contributed by atoms with van der Waals surface area (Å²) < 4.78 is 0.973. The van der Waals surface area contributed by atoms with E-state index in [9.17, 15) is 4.79 Å². The summed E-state index contributed by atoms with van der Waals surface area (Å²) in [6.07, 6.45) is 3.66. The third-order valence-electron chi connectivity index (χ3n) is 3.84. The van der Waals surface area contributed by atoms with Gasteiger partial charge in [-0.25, -0.2) is 0 Å². The first-order valence-corrected chi connectivity index (χ1v) is 7.33. The molecule has 1 saturated carbocycles. The molecule has 0 unspecified atom stereocenters. The molecule has 1 aromatic carbocycles. The molecule has 1 aromatic rings. The molecular formula is C15H17BrN2O. The number of benzene rings is 1. The van der Waals surface area contributed by atoms with Gasteiger partial charge in [0.2, 0.25) is 0 Å². The Morgan fingerprint density at radius 2 is 1.84 bits per heavy atom. The van der Waals surface area contributed by atoms with E-state index >= 15 is 0 Å². The maximum atomic E-state index is 12.4. The van der Waals surface area contributed by atoms with Gasteiger partial charge in [-0.3, -0.25) is 4.79 Å². The SMILES string of the molecule is CN(C(=O)c1ccc(Br)cc1)C1CCC(C#N)CC1. The molecule has 1 aliphatic rings. The van der Waals surface area contributed by atoms with Gasteiger partial charge in [0.15, 0.2) is 0 Å². The van der Waals surface area contributed by atoms with E-state index in [0.29, 0.717) is 5.56 Å². The van der Waals surface area contributed by atoms with Gasteiger partial charge in [-0.05, 0) is 49.9 Å². The predicted octanol–water partition coefficient (Wildman–Crippen LogP) is 3.60. The van der Waals surface area contributed by atoms with Crippen LogP contribution in [0.1, 0.15) is 36.0 Å². The Labute approximate surface area is 122 Å². The molecule has 1 amide bonds. The Bertz CT molecular complexity index is 484. The molecule has 3 nitrogen and oxygen atoms in total. The number of halogens is 1. The number of hydrogen-bond donors (Lipinski definition) is 0. The van der Waals surface area contributed by atoms with Crippen molar-refractivity contribution >= 4 is 21.8 Å². The second-order valence-corrected chi connectivity index (χ2v) is 5.97. The van der Waals surface area contributed by atoms with Gasteiger partial charge in [0.25, 0.3) is 5.91 Å². The number of amides is 1. The van der Waals surface area contributed by atoms with E-state index in [4.69, 9.17) is 5.26 Å². The summed E-state index contributed by atoms with van der Waals surface area (Å²) in [5.74, 6) is 0.236. The smallest absolute Gasteiger partial charge is 0.253 e. The number of hydrogen-bond acceptors (Lipinski definition) is 2. The van der Waals surface area contributed by atoms with Crippen LogP contribution in [0.2, 0.25) is 0 Å². The van der Waals surface area contributed by atoms with Gasteiger partial charge in [-0.15, -0.1) is 0 Å². The summed E-state index contributed by atoms with van der Waals surface area (Å²) in [4.78, 5) is 14.2. The first-order valence-electron chi connectivity index (χ1n) is 6.54. The van der Waals surface area contributed by atoms with Crippen molar-refractivity contribution in [2.75, 3.05) is 7.05 Å². The van der Waals surface area contributed by atoms with Crippen LogP contribution in [0.15, 0.2) is 28.7 Å². The van der Waals surface area contributed by atoms with Crippen LogP contribution in [0.25, 0.3) is 0 Å². The molecule has 0 heterocycles. The average Bonchev–Trinajstić information content (AvgIpc) is 2.46. The van der Waals surface area contributed by atoms with E-state index in [1.165, 1.54) is 0 Å². The maximum absolute atomic E-state index is 12.4. The molecule has 1 aliphatic carbocycles. The summed E-state index contributed by atoms with van der Waals surface area (Å²) >= 11 is 3.37.